The molecule has 3 nitrogen and oxygen atoms in total. The van der Waals surface area contributed by atoms with Gasteiger partial charge in [-0.3, -0.25) is 9.69 Å². The van der Waals surface area contributed by atoms with Gasteiger partial charge in [-0.05, 0) is 71.2 Å². The molecule has 1 aliphatic heterocycles. The Hall–Kier alpha value is -1.40. The van der Waals surface area contributed by atoms with Crippen molar-refractivity contribution in [1.82, 2.24) is 10.2 Å². The van der Waals surface area contributed by atoms with Gasteiger partial charge in [-0.15, -0.1) is 0 Å². The number of carbonyl (C=O) groups is 1. The third-order valence-corrected chi connectivity index (χ3v) is 5.68. The van der Waals surface area contributed by atoms with E-state index >= 15 is 0 Å². The number of halogens is 1. The van der Waals surface area contributed by atoms with Crippen LogP contribution in [0.2, 0.25) is 0 Å². The highest BCUT2D eigenvalue weighted by molar-refractivity contribution is 14.1. The molecule has 1 unspecified atom stereocenters. The van der Waals surface area contributed by atoms with Crippen molar-refractivity contribution in [2.75, 3.05) is 13.1 Å². The van der Waals surface area contributed by atoms with Crippen molar-refractivity contribution in [2.45, 2.75) is 32.9 Å². The van der Waals surface area contributed by atoms with Gasteiger partial charge in [0.15, 0.2) is 0 Å². The lowest BCUT2D eigenvalue weighted by Gasteiger charge is -2.30. The number of rotatable bonds is 5. The van der Waals surface area contributed by atoms with Crippen molar-refractivity contribution in [3.8, 4) is 0 Å². The van der Waals surface area contributed by atoms with E-state index in [-0.39, 0.29) is 5.91 Å². The number of benzene rings is 2. The molecule has 1 fully saturated rings. The monoisotopic (exact) mass is 448 g/mol. The minimum atomic E-state index is -0.0172. The van der Waals surface area contributed by atoms with Gasteiger partial charge in [0, 0.05) is 23.2 Å². The van der Waals surface area contributed by atoms with Gasteiger partial charge in [-0.2, -0.15) is 0 Å². The van der Waals surface area contributed by atoms with Gasteiger partial charge >= 0.3 is 0 Å². The van der Waals surface area contributed by atoms with Gasteiger partial charge in [0.05, 0.1) is 5.56 Å². The smallest absolute Gasteiger partial charge is 0.252 e. The molecule has 2 aromatic rings. The molecule has 0 spiro atoms. The van der Waals surface area contributed by atoms with E-state index in [1.54, 1.807) is 0 Å². The molecule has 2 aromatic carbocycles. The van der Waals surface area contributed by atoms with Crippen LogP contribution in [-0.4, -0.2) is 23.9 Å². The average molecular weight is 448 g/mol. The topological polar surface area (TPSA) is 32.3 Å². The van der Waals surface area contributed by atoms with Crippen molar-refractivity contribution in [1.29, 1.82) is 0 Å². The van der Waals surface area contributed by atoms with Gasteiger partial charge < -0.3 is 5.32 Å². The fourth-order valence-electron chi connectivity index (χ4n) is 3.37. The number of hydrogen-bond acceptors (Lipinski definition) is 2. The highest BCUT2D eigenvalue weighted by Crippen LogP contribution is 2.18. The maximum Gasteiger partial charge on any atom is 0.252 e. The normalized spacial score (nSPS) is 18.1. The maximum absolute atomic E-state index is 12.3. The summed E-state index contributed by atoms with van der Waals surface area (Å²) in [5.41, 5.74) is 3.22. The maximum atomic E-state index is 12.3. The molecule has 1 heterocycles. The predicted molar refractivity (Wildman–Crippen MR) is 110 cm³/mol. The third kappa shape index (κ3) is 5.28. The number of nitrogens with one attached hydrogen (secondary N) is 1. The fourth-order valence-corrected chi connectivity index (χ4v) is 4.01. The molecule has 132 valence electrons. The zero-order chi connectivity index (χ0) is 17.6. The summed E-state index contributed by atoms with van der Waals surface area (Å²) in [6.07, 6.45) is 2.67. The van der Waals surface area contributed by atoms with E-state index in [2.05, 4.69) is 64.0 Å². The Labute approximate surface area is 164 Å². The van der Waals surface area contributed by atoms with E-state index in [4.69, 9.17) is 0 Å². The molecular formula is C21H25IN2O. The van der Waals surface area contributed by atoms with Gasteiger partial charge in [0.25, 0.3) is 5.91 Å². The molecule has 1 aliphatic rings. The molecule has 1 N–H and O–H groups in total. The summed E-state index contributed by atoms with van der Waals surface area (Å²) in [5.74, 6) is 0.792. The molecule has 1 atom stereocenters. The molecule has 0 aromatic heterocycles. The Morgan fingerprint density at radius 3 is 2.60 bits per heavy atom. The van der Waals surface area contributed by atoms with Crippen LogP contribution < -0.4 is 5.32 Å². The first-order chi connectivity index (χ1) is 12.1. The van der Waals surface area contributed by atoms with Crippen molar-refractivity contribution in [2.24, 2.45) is 5.92 Å². The number of hydrogen-bond donors (Lipinski definition) is 1. The van der Waals surface area contributed by atoms with Crippen LogP contribution in [0.5, 0.6) is 0 Å². The van der Waals surface area contributed by atoms with Gasteiger partial charge in [0.1, 0.15) is 0 Å². The Balaban J connectivity index is 1.52. The van der Waals surface area contributed by atoms with Crippen molar-refractivity contribution in [3.63, 3.8) is 0 Å². The Bertz CT molecular complexity index is 714. The molecule has 3 rings (SSSR count). The summed E-state index contributed by atoms with van der Waals surface area (Å²) in [6, 6.07) is 16.3. The van der Waals surface area contributed by atoms with Crippen LogP contribution in [0.15, 0.2) is 48.5 Å². The molecule has 0 aliphatic carbocycles. The van der Waals surface area contributed by atoms with Crippen LogP contribution in [0.25, 0.3) is 0 Å². The molecule has 0 radical (unpaired) electrons. The predicted octanol–water partition coefficient (Wildman–Crippen LogP) is 4.45. The Morgan fingerprint density at radius 1 is 1.16 bits per heavy atom. The van der Waals surface area contributed by atoms with Crippen LogP contribution >= 0.6 is 22.6 Å². The third-order valence-electron chi connectivity index (χ3n) is 4.74. The lowest BCUT2D eigenvalue weighted by molar-refractivity contribution is 0.0950. The molecule has 1 saturated heterocycles. The van der Waals surface area contributed by atoms with Crippen molar-refractivity contribution < 1.29 is 4.79 Å². The lowest BCUT2D eigenvalue weighted by Crippen LogP contribution is -2.33. The second-order valence-corrected chi connectivity index (χ2v) is 8.12. The van der Waals surface area contributed by atoms with E-state index in [0.29, 0.717) is 6.54 Å². The first-order valence-corrected chi connectivity index (χ1v) is 10.0. The molecule has 4 heteroatoms. The highest BCUT2D eigenvalue weighted by atomic mass is 127. The van der Waals surface area contributed by atoms with Crippen LogP contribution in [-0.2, 0) is 13.1 Å². The first kappa shape index (κ1) is 18.4. The van der Waals surface area contributed by atoms with Crippen LogP contribution in [0.3, 0.4) is 0 Å². The summed E-state index contributed by atoms with van der Waals surface area (Å²) in [5, 5.41) is 3.01. The van der Waals surface area contributed by atoms with Crippen LogP contribution in [0.4, 0.5) is 0 Å². The van der Waals surface area contributed by atoms with E-state index in [1.165, 1.54) is 31.5 Å². The minimum Gasteiger partial charge on any atom is -0.348 e. The summed E-state index contributed by atoms with van der Waals surface area (Å²) in [4.78, 5) is 14.8. The summed E-state index contributed by atoms with van der Waals surface area (Å²) >= 11 is 2.20. The summed E-state index contributed by atoms with van der Waals surface area (Å²) < 4.78 is 0.976. The number of nitrogens with zero attached hydrogens (tertiary/aromatic N) is 1. The van der Waals surface area contributed by atoms with Crippen molar-refractivity contribution >= 4 is 28.5 Å². The SMILES string of the molecule is CC1CCCN(Cc2ccc(CNC(=O)c3ccccc3I)cc2)C1. The molecule has 25 heavy (non-hydrogen) atoms. The highest BCUT2D eigenvalue weighted by Gasteiger charge is 2.16. The van der Waals surface area contributed by atoms with Gasteiger partial charge in [-0.1, -0.05) is 43.3 Å². The van der Waals surface area contributed by atoms with Gasteiger partial charge in [-0.25, -0.2) is 0 Å². The number of carbonyl (C=O) groups excluding carboxylic acids is 1. The standard InChI is InChI=1S/C21H25IN2O/c1-16-5-4-12-24(14-16)15-18-10-8-17(9-11-18)13-23-21(25)19-6-2-3-7-20(19)22/h2-3,6-11,16H,4-5,12-15H2,1H3,(H,23,25). The van der Waals surface area contributed by atoms with Gasteiger partial charge in [0.2, 0.25) is 0 Å². The lowest BCUT2D eigenvalue weighted by atomic mass is 9.99. The van der Waals surface area contributed by atoms with Crippen LogP contribution in [0.1, 0.15) is 41.3 Å². The molecular weight excluding hydrogens is 423 g/mol. The molecule has 0 saturated carbocycles. The quantitative estimate of drug-likeness (QED) is 0.686. The number of amides is 1. The largest absolute Gasteiger partial charge is 0.348 e. The zero-order valence-electron chi connectivity index (χ0n) is 14.7. The zero-order valence-corrected chi connectivity index (χ0v) is 16.8. The van der Waals surface area contributed by atoms with Crippen molar-refractivity contribution in [3.05, 3.63) is 68.8 Å². The van der Waals surface area contributed by atoms with E-state index in [0.717, 1.165) is 27.2 Å². The fraction of sp³-hybridized carbons (Fsp3) is 0.381. The molecule has 1 amide bonds. The second kappa shape index (κ2) is 8.81. The number of likely N-dealkylation sites (tertiary alicyclic amines) is 1. The first-order valence-electron chi connectivity index (χ1n) is 8.95. The Kier molecular flexibility index (Phi) is 6.48. The second-order valence-electron chi connectivity index (χ2n) is 6.96. The average Bonchev–Trinajstić information content (AvgIpc) is 2.61. The summed E-state index contributed by atoms with van der Waals surface area (Å²) in [7, 11) is 0. The molecule has 0 bridgehead atoms. The Morgan fingerprint density at radius 2 is 1.88 bits per heavy atom. The summed E-state index contributed by atoms with van der Waals surface area (Å²) in [6.45, 7) is 6.33. The van der Waals surface area contributed by atoms with E-state index in [1.807, 2.05) is 24.3 Å². The minimum absolute atomic E-state index is 0.0172. The van der Waals surface area contributed by atoms with Crippen LogP contribution in [0, 0.1) is 9.49 Å². The van der Waals surface area contributed by atoms with E-state index < -0.39 is 0 Å². The number of piperidine rings is 1. The van der Waals surface area contributed by atoms with E-state index in [9.17, 15) is 4.79 Å².